The van der Waals surface area contributed by atoms with Gasteiger partial charge in [-0.1, -0.05) is 153 Å². The Morgan fingerprint density at radius 3 is 1.52 bits per heavy atom. The van der Waals surface area contributed by atoms with Gasteiger partial charge in [0.15, 0.2) is 0 Å². The highest BCUT2D eigenvalue weighted by atomic mass is 32.1. The molecule has 1 heterocycles. The standard InChI is InChI=1S/C49H32S/c1-49(2)42-22-12-11-15-33(42)34-25-23-30(28-43(34)49)46-38-19-8-6-17-36(38)45(37-18-7-9-20-39(37)46)29-24-26-44-41(27-29)47-35-16-5-3-13-31(35)32-14-4-10-21-40(32)48(47)50-44/h3-28H,1-2H3. The Balaban J connectivity index is 1.20. The number of fused-ring (bicyclic) bond motifs is 13. The molecule has 0 fully saturated rings. The molecule has 0 unspecified atom stereocenters. The van der Waals surface area contributed by atoms with Crippen LogP contribution in [0, 0.1) is 0 Å². The van der Waals surface area contributed by atoms with Crippen LogP contribution in [0.3, 0.4) is 0 Å². The van der Waals surface area contributed by atoms with Crippen LogP contribution in [0.1, 0.15) is 25.0 Å². The van der Waals surface area contributed by atoms with Gasteiger partial charge in [0.1, 0.15) is 0 Å². The normalized spacial score (nSPS) is 13.6. The number of benzene rings is 9. The zero-order valence-corrected chi connectivity index (χ0v) is 28.7. The second-order valence-corrected chi connectivity index (χ2v) is 15.4. The van der Waals surface area contributed by atoms with Gasteiger partial charge in [-0.2, -0.15) is 0 Å². The number of thiophene rings is 1. The van der Waals surface area contributed by atoms with E-state index in [9.17, 15) is 0 Å². The molecule has 0 bridgehead atoms. The van der Waals surface area contributed by atoms with E-state index in [-0.39, 0.29) is 5.41 Å². The fraction of sp³-hybridized carbons (Fsp3) is 0.0612. The van der Waals surface area contributed by atoms with Crippen molar-refractivity contribution in [3.8, 4) is 33.4 Å². The van der Waals surface area contributed by atoms with E-state index < -0.39 is 0 Å². The molecule has 50 heavy (non-hydrogen) atoms. The van der Waals surface area contributed by atoms with Crippen LogP contribution in [0.2, 0.25) is 0 Å². The van der Waals surface area contributed by atoms with Gasteiger partial charge in [0.05, 0.1) is 0 Å². The molecule has 234 valence electrons. The largest absolute Gasteiger partial charge is 0.135 e. The molecule has 11 rings (SSSR count). The lowest BCUT2D eigenvalue weighted by Crippen LogP contribution is -2.14. The minimum Gasteiger partial charge on any atom is -0.135 e. The Labute approximate surface area is 294 Å². The highest BCUT2D eigenvalue weighted by molar-refractivity contribution is 7.27. The number of hydrogen-bond acceptors (Lipinski definition) is 1. The van der Waals surface area contributed by atoms with Crippen molar-refractivity contribution in [3.05, 3.63) is 169 Å². The van der Waals surface area contributed by atoms with Gasteiger partial charge in [-0.25, -0.2) is 0 Å². The van der Waals surface area contributed by atoms with Crippen molar-refractivity contribution in [2.24, 2.45) is 0 Å². The van der Waals surface area contributed by atoms with Gasteiger partial charge in [0.25, 0.3) is 0 Å². The molecular formula is C49H32S. The van der Waals surface area contributed by atoms with Gasteiger partial charge in [0, 0.05) is 31.0 Å². The van der Waals surface area contributed by atoms with E-state index >= 15 is 0 Å². The smallest absolute Gasteiger partial charge is 0.0440 e. The molecular weight excluding hydrogens is 621 g/mol. The Hall–Kier alpha value is -5.76. The fourth-order valence-corrected chi connectivity index (χ4v) is 10.4. The van der Waals surface area contributed by atoms with Crippen molar-refractivity contribution in [2.45, 2.75) is 19.3 Å². The molecule has 0 spiro atoms. The lowest BCUT2D eigenvalue weighted by molar-refractivity contribution is 0.660. The van der Waals surface area contributed by atoms with E-state index in [2.05, 4.69) is 172 Å². The van der Waals surface area contributed by atoms with Gasteiger partial charge in [0.2, 0.25) is 0 Å². The zero-order chi connectivity index (χ0) is 33.1. The van der Waals surface area contributed by atoms with Crippen molar-refractivity contribution in [1.29, 1.82) is 0 Å². The second-order valence-electron chi connectivity index (χ2n) is 14.4. The lowest BCUT2D eigenvalue weighted by Gasteiger charge is -2.23. The molecule has 0 saturated heterocycles. The maximum atomic E-state index is 2.47. The molecule has 0 saturated carbocycles. The Morgan fingerprint density at radius 2 is 0.860 bits per heavy atom. The van der Waals surface area contributed by atoms with Crippen LogP contribution in [0.5, 0.6) is 0 Å². The quantitative estimate of drug-likeness (QED) is 0.129. The molecule has 0 amide bonds. The van der Waals surface area contributed by atoms with E-state index in [4.69, 9.17) is 0 Å². The summed E-state index contributed by atoms with van der Waals surface area (Å²) in [6, 6.07) is 59.2. The SMILES string of the molecule is CC1(C)c2ccccc2-c2ccc(-c3c4ccccc4c(-c4ccc5sc6c7ccccc7c7ccccc7c6c5c4)c4ccccc34)cc21. The first-order valence-electron chi connectivity index (χ1n) is 17.5. The van der Waals surface area contributed by atoms with Crippen LogP contribution >= 0.6 is 11.3 Å². The van der Waals surface area contributed by atoms with Gasteiger partial charge in [-0.15, -0.1) is 11.3 Å². The highest BCUT2D eigenvalue weighted by Crippen LogP contribution is 2.52. The Morgan fingerprint density at radius 1 is 0.380 bits per heavy atom. The highest BCUT2D eigenvalue weighted by Gasteiger charge is 2.35. The van der Waals surface area contributed by atoms with E-state index in [1.807, 2.05) is 11.3 Å². The van der Waals surface area contributed by atoms with Gasteiger partial charge >= 0.3 is 0 Å². The zero-order valence-electron chi connectivity index (χ0n) is 27.9. The molecule has 9 aromatic carbocycles. The molecule has 0 N–H and O–H groups in total. The second kappa shape index (κ2) is 10.1. The average molecular weight is 653 g/mol. The summed E-state index contributed by atoms with van der Waals surface area (Å²) in [4.78, 5) is 0. The summed E-state index contributed by atoms with van der Waals surface area (Å²) < 4.78 is 2.70. The minimum atomic E-state index is -0.0539. The van der Waals surface area contributed by atoms with Crippen molar-refractivity contribution >= 4 is 74.6 Å². The molecule has 0 nitrogen and oxygen atoms in total. The van der Waals surface area contributed by atoms with Crippen LogP contribution < -0.4 is 0 Å². The lowest BCUT2D eigenvalue weighted by atomic mass is 9.80. The first-order valence-corrected chi connectivity index (χ1v) is 18.3. The van der Waals surface area contributed by atoms with E-state index in [1.165, 1.54) is 108 Å². The summed E-state index contributed by atoms with van der Waals surface area (Å²) in [6.45, 7) is 4.74. The predicted octanol–water partition coefficient (Wildman–Crippen LogP) is 14.3. The minimum absolute atomic E-state index is 0.0539. The summed E-state index contributed by atoms with van der Waals surface area (Å²) in [5, 5.41) is 13.2. The molecule has 1 aliphatic carbocycles. The van der Waals surface area contributed by atoms with Crippen LogP contribution in [-0.2, 0) is 5.41 Å². The monoisotopic (exact) mass is 652 g/mol. The van der Waals surface area contributed by atoms with Crippen molar-refractivity contribution in [2.75, 3.05) is 0 Å². The summed E-state index contributed by atoms with van der Waals surface area (Å²) in [6.07, 6.45) is 0. The predicted molar refractivity (Wildman–Crippen MR) is 218 cm³/mol. The van der Waals surface area contributed by atoms with Crippen LogP contribution in [-0.4, -0.2) is 0 Å². The summed E-state index contributed by atoms with van der Waals surface area (Å²) in [5.41, 5.74) is 10.6. The first-order chi connectivity index (χ1) is 24.6. The average Bonchev–Trinajstić information content (AvgIpc) is 3.66. The Bertz CT molecular complexity index is 3010. The number of rotatable bonds is 2. The van der Waals surface area contributed by atoms with E-state index in [0.29, 0.717) is 0 Å². The third kappa shape index (κ3) is 3.71. The maximum Gasteiger partial charge on any atom is 0.0440 e. The van der Waals surface area contributed by atoms with Crippen molar-refractivity contribution in [1.82, 2.24) is 0 Å². The summed E-state index contributed by atoms with van der Waals surface area (Å²) in [7, 11) is 0. The van der Waals surface area contributed by atoms with Crippen LogP contribution in [0.15, 0.2) is 158 Å². The first kappa shape index (κ1) is 28.1. The maximum absolute atomic E-state index is 2.47. The van der Waals surface area contributed by atoms with Crippen molar-refractivity contribution in [3.63, 3.8) is 0 Å². The van der Waals surface area contributed by atoms with E-state index in [0.717, 1.165) is 0 Å². The van der Waals surface area contributed by atoms with Crippen molar-refractivity contribution < 1.29 is 0 Å². The molecule has 1 heteroatoms. The van der Waals surface area contributed by atoms with Gasteiger partial charge < -0.3 is 0 Å². The van der Waals surface area contributed by atoms with Gasteiger partial charge in [-0.3, -0.25) is 0 Å². The third-order valence-electron chi connectivity index (χ3n) is 11.4. The van der Waals surface area contributed by atoms with E-state index in [1.54, 1.807) is 0 Å². The van der Waals surface area contributed by atoms with Crippen LogP contribution in [0.25, 0.3) is 96.6 Å². The molecule has 1 aliphatic rings. The molecule has 1 aromatic heterocycles. The topological polar surface area (TPSA) is 0 Å². The van der Waals surface area contributed by atoms with Crippen LogP contribution in [0.4, 0.5) is 0 Å². The fourth-order valence-electron chi connectivity index (χ4n) is 9.17. The summed E-state index contributed by atoms with van der Waals surface area (Å²) in [5.74, 6) is 0. The molecule has 0 atom stereocenters. The number of hydrogen-bond donors (Lipinski definition) is 0. The third-order valence-corrected chi connectivity index (χ3v) is 12.6. The summed E-state index contributed by atoms with van der Waals surface area (Å²) >= 11 is 1.92. The molecule has 0 radical (unpaired) electrons. The molecule has 0 aliphatic heterocycles. The Kier molecular flexibility index (Phi) is 5.70. The molecule has 10 aromatic rings. The van der Waals surface area contributed by atoms with Gasteiger partial charge in [-0.05, 0) is 100 Å².